The number of ether oxygens (including phenoxy) is 3. The molecule has 0 aromatic heterocycles. The first kappa shape index (κ1) is 24.9. The maximum absolute atomic E-state index is 13.8. The summed E-state index contributed by atoms with van der Waals surface area (Å²) in [7, 11) is 3.11. The van der Waals surface area contributed by atoms with E-state index >= 15 is 0 Å². The third kappa shape index (κ3) is 5.09. The summed E-state index contributed by atoms with van der Waals surface area (Å²) in [4.78, 5) is 43.3. The molecule has 2 aromatic carbocycles. The number of carbonyl (C=O) groups is 3. The molecule has 0 radical (unpaired) electrons. The Morgan fingerprint density at radius 2 is 1.83 bits per heavy atom. The van der Waals surface area contributed by atoms with E-state index in [0.717, 1.165) is 39.3 Å². The normalized spacial score (nSPS) is 20.8. The molecule has 2 aromatic rings. The van der Waals surface area contributed by atoms with E-state index in [1.54, 1.807) is 50.3 Å². The van der Waals surface area contributed by atoms with Crippen LogP contribution in [0.4, 0.5) is 0 Å². The number of aryl methyl sites for hydroxylation is 1. The molecule has 4 rings (SSSR count). The maximum atomic E-state index is 13.8. The molecule has 35 heavy (non-hydrogen) atoms. The second-order valence-electron chi connectivity index (χ2n) is 9.04. The number of Topliss-reactive ketones (excluding diaryl/α,β-unsaturated/α-hetero) is 2. The van der Waals surface area contributed by atoms with Gasteiger partial charge in [-0.3, -0.25) is 14.4 Å². The van der Waals surface area contributed by atoms with E-state index in [1.807, 2.05) is 18.2 Å². The van der Waals surface area contributed by atoms with Crippen LogP contribution in [0.15, 0.2) is 42.5 Å². The number of morpholine rings is 1. The molecule has 1 N–H and O–H groups in total. The SMILES string of the molecule is COc1ccc(C(=O)C2C(=O)C(=O)N(CCC[NH+]3CCOCC3)C2c2ccccc2OC)c(C)c1. The van der Waals surface area contributed by atoms with Crippen LogP contribution in [0.25, 0.3) is 0 Å². The number of nitrogens with one attached hydrogen (secondary N) is 1. The van der Waals surface area contributed by atoms with Gasteiger partial charge in [0, 0.05) is 24.1 Å². The minimum absolute atomic E-state index is 0.360. The molecule has 0 saturated carbocycles. The number of carbonyl (C=O) groups excluding carboxylic acids is 3. The first-order valence-corrected chi connectivity index (χ1v) is 12.0. The number of quaternary nitrogens is 1. The molecule has 2 atom stereocenters. The molecule has 2 heterocycles. The van der Waals surface area contributed by atoms with Gasteiger partial charge in [-0.2, -0.15) is 0 Å². The Labute approximate surface area is 205 Å². The Hall–Kier alpha value is -3.23. The number of nitrogens with zero attached hydrogens (tertiary/aromatic N) is 1. The maximum Gasteiger partial charge on any atom is 0.291 e. The zero-order chi connectivity index (χ0) is 24.9. The monoisotopic (exact) mass is 481 g/mol. The number of ketones is 2. The molecule has 0 aliphatic carbocycles. The van der Waals surface area contributed by atoms with Crippen LogP contribution in [-0.4, -0.2) is 76.0 Å². The molecule has 8 heteroatoms. The summed E-state index contributed by atoms with van der Waals surface area (Å²) in [5, 5.41) is 0. The summed E-state index contributed by atoms with van der Waals surface area (Å²) in [5.74, 6) is -1.60. The lowest BCUT2D eigenvalue weighted by atomic mass is 9.84. The molecular formula is C27H33N2O6+. The Balaban J connectivity index is 1.66. The number of likely N-dealkylation sites (tertiary alicyclic amines) is 1. The average Bonchev–Trinajstić information content (AvgIpc) is 3.13. The number of hydrogen-bond donors (Lipinski definition) is 1. The number of hydrogen-bond acceptors (Lipinski definition) is 6. The summed E-state index contributed by atoms with van der Waals surface area (Å²) in [5.41, 5.74) is 1.77. The van der Waals surface area contributed by atoms with Crippen molar-refractivity contribution in [1.29, 1.82) is 0 Å². The first-order valence-electron chi connectivity index (χ1n) is 12.0. The molecule has 186 valence electrons. The van der Waals surface area contributed by atoms with Crippen molar-refractivity contribution in [2.24, 2.45) is 5.92 Å². The van der Waals surface area contributed by atoms with E-state index in [4.69, 9.17) is 14.2 Å². The quantitative estimate of drug-likeness (QED) is 0.330. The smallest absolute Gasteiger partial charge is 0.291 e. The zero-order valence-corrected chi connectivity index (χ0v) is 20.5. The molecular weight excluding hydrogens is 448 g/mol. The van der Waals surface area contributed by atoms with Gasteiger partial charge in [-0.25, -0.2) is 0 Å². The third-order valence-corrected chi connectivity index (χ3v) is 6.97. The van der Waals surface area contributed by atoms with E-state index in [1.165, 1.54) is 4.90 Å². The molecule has 2 saturated heterocycles. The fraction of sp³-hybridized carbons (Fsp3) is 0.444. The lowest BCUT2D eigenvalue weighted by molar-refractivity contribution is -0.908. The summed E-state index contributed by atoms with van der Waals surface area (Å²) in [6.07, 6.45) is 0.725. The van der Waals surface area contributed by atoms with Gasteiger partial charge in [-0.15, -0.1) is 0 Å². The van der Waals surface area contributed by atoms with Gasteiger partial charge in [0.05, 0.1) is 40.0 Å². The van der Waals surface area contributed by atoms with Crippen LogP contribution in [0.1, 0.15) is 33.9 Å². The lowest BCUT2D eigenvalue weighted by Gasteiger charge is -2.29. The van der Waals surface area contributed by atoms with Crippen molar-refractivity contribution in [2.45, 2.75) is 19.4 Å². The van der Waals surface area contributed by atoms with Gasteiger partial charge in [0.25, 0.3) is 5.91 Å². The van der Waals surface area contributed by atoms with Crippen LogP contribution in [0.3, 0.4) is 0 Å². The van der Waals surface area contributed by atoms with Gasteiger partial charge in [-0.05, 0) is 36.8 Å². The molecule has 0 spiro atoms. The van der Waals surface area contributed by atoms with E-state index in [2.05, 4.69) is 0 Å². The number of methoxy groups -OCH3 is 2. The van der Waals surface area contributed by atoms with Crippen molar-refractivity contribution in [1.82, 2.24) is 4.90 Å². The van der Waals surface area contributed by atoms with Gasteiger partial charge in [0.15, 0.2) is 5.78 Å². The van der Waals surface area contributed by atoms with E-state index in [9.17, 15) is 14.4 Å². The molecule has 1 amide bonds. The predicted octanol–water partition coefficient (Wildman–Crippen LogP) is 1.27. The Bertz CT molecular complexity index is 1090. The van der Waals surface area contributed by atoms with Crippen molar-refractivity contribution in [3.8, 4) is 11.5 Å². The summed E-state index contributed by atoms with van der Waals surface area (Å²) < 4.78 is 16.3. The van der Waals surface area contributed by atoms with Crippen LogP contribution in [0.2, 0.25) is 0 Å². The predicted molar refractivity (Wildman–Crippen MR) is 129 cm³/mol. The molecule has 8 nitrogen and oxygen atoms in total. The number of para-hydroxylation sites is 1. The third-order valence-electron chi connectivity index (χ3n) is 6.97. The topological polar surface area (TPSA) is 86.6 Å². The zero-order valence-electron chi connectivity index (χ0n) is 20.5. The van der Waals surface area contributed by atoms with E-state index < -0.39 is 23.7 Å². The highest BCUT2D eigenvalue weighted by Gasteiger charge is 2.52. The standard InChI is InChI=1S/C27H32N2O6/c1-18-17-19(33-2)9-10-20(18)25(30)23-24(21-7-4-5-8-22(21)34-3)29(27(32)26(23)31)12-6-11-28-13-15-35-16-14-28/h4-5,7-10,17,23-24H,6,11-16H2,1-3H3/p+1. The molecule has 2 fully saturated rings. The van der Waals surface area contributed by atoms with Crippen LogP contribution < -0.4 is 14.4 Å². The molecule has 2 aliphatic heterocycles. The van der Waals surface area contributed by atoms with Gasteiger partial charge >= 0.3 is 0 Å². The average molecular weight is 482 g/mol. The minimum atomic E-state index is -1.14. The number of benzene rings is 2. The Morgan fingerprint density at radius 3 is 2.51 bits per heavy atom. The largest absolute Gasteiger partial charge is 0.497 e. The highest BCUT2D eigenvalue weighted by atomic mass is 16.5. The van der Waals surface area contributed by atoms with E-state index in [-0.39, 0.29) is 5.78 Å². The Kier molecular flexibility index (Phi) is 7.83. The van der Waals surface area contributed by atoms with Crippen LogP contribution >= 0.6 is 0 Å². The molecule has 0 bridgehead atoms. The van der Waals surface area contributed by atoms with Gasteiger partial charge in [0.2, 0.25) is 5.78 Å². The van der Waals surface area contributed by atoms with Crippen LogP contribution in [0, 0.1) is 12.8 Å². The highest BCUT2D eigenvalue weighted by molar-refractivity contribution is 6.44. The van der Waals surface area contributed by atoms with Crippen molar-refractivity contribution in [2.75, 3.05) is 53.6 Å². The van der Waals surface area contributed by atoms with Crippen LogP contribution in [0.5, 0.6) is 11.5 Å². The summed E-state index contributed by atoms with van der Waals surface area (Å²) in [6, 6.07) is 11.7. The first-order chi connectivity index (χ1) is 17.0. The minimum Gasteiger partial charge on any atom is -0.497 e. The van der Waals surface area contributed by atoms with Crippen molar-refractivity contribution in [3.63, 3.8) is 0 Å². The van der Waals surface area contributed by atoms with Crippen molar-refractivity contribution >= 4 is 17.5 Å². The Morgan fingerprint density at radius 1 is 1.09 bits per heavy atom. The lowest BCUT2D eigenvalue weighted by Crippen LogP contribution is -3.14. The van der Waals surface area contributed by atoms with Crippen molar-refractivity contribution < 1.29 is 33.5 Å². The second kappa shape index (κ2) is 11.0. The second-order valence-corrected chi connectivity index (χ2v) is 9.04. The van der Waals surface area contributed by atoms with Gasteiger partial charge in [-0.1, -0.05) is 18.2 Å². The number of amides is 1. The van der Waals surface area contributed by atoms with Crippen molar-refractivity contribution in [3.05, 3.63) is 59.2 Å². The summed E-state index contributed by atoms with van der Waals surface area (Å²) >= 11 is 0. The molecule has 2 aliphatic rings. The molecule has 2 unspecified atom stereocenters. The fourth-order valence-corrected chi connectivity index (χ4v) is 5.10. The fourth-order valence-electron chi connectivity index (χ4n) is 5.10. The van der Waals surface area contributed by atoms with E-state index in [0.29, 0.717) is 34.7 Å². The highest BCUT2D eigenvalue weighted by Crippen LogP contribution is 2.42. The van der Waals surface area contributed by atoms with Crippen LogP contribution in [-0.2, 0) is 14.3 Å². The number of rotatable bonds is 9. The summed E-state index contributed by atoms with van der Waals surface area (Å²) in [6.45, 7) is 6.40. The van der Waals surface area contributed by atoms with Gasteiger partial charge < -0.3 is 24.0 Å². The van der Waals surface area contributed by atoms with Gasteiger partial charge in [0.1, 0.15) is 30.5 Å².